The summed E-state index contributed by atoms with van der Waals surface area (Å²) in [4.78, 5) is 43.1. The Hall–Kier alpha value is -4.12. The molecule has 0 radical (unpaired) electrons. The Morgan fingerprint density at radius 3 is 2.31 bits per heavy atom. The molecule has 3 aromatic carbocycles. The Labute approximate surface area is 264 Å². The summed E-state index contributed by atoms with van der Waals surface area (Å²) >= 11 is 0. The minimum Gasteiger partial charge on any atom is -0.494 e. The summed E-state index contributed by atoms with van der Waals surface area (Å²) in [6, 6.07) is 15.7. The summed E-state index contributed by atoms with van der Waals surface area (Å²) in [5, 5.41) is 2.66. The summed E-state index contributed by atoms with van der Waals surface area (Å²) in [6.45, 7) is 3.52. The van der Waals surface area contributed by atoms with E-state index in [0.717, 1.165) is 23.3 Å². The van der Waals surface area contributed by atoms with Crippen molar-refractivity contribution >= 4 is 33.6 Å². The second-order valence-corrected chi connectivity index (χ2v) is 16.2. The number of nitrogens with one attached hydrogen (secondary N) is 1. The molecule has 0 aromatic heterocycles. The fraction of sp³-hybridized carbons (Fsp3) is 0.382. The number of halogens is 2. The number of likely N-dealkylation sites (tertiary alicyclic amines) is 1. The van der Waals surface area contributed by atoms with E-state index in [2.05, 4.69) is 5.32 Å². The molecule has 240 valence electrons. The van der Waals surface area contributed by atoms with E-state index in [0.29, 0.717) is 37.4 Å². The molecule has 0 spiro atoms. The first-order valence-corrected chi connectivity index (χ1v) is 17.8. The number of carbonyl (C=O) groups excluding carboxylic acids is 3. The molecule has 0 aliphatic carbocycles. The predicted octanol–water partition coefficient (Wildman–Crippen LogP) is 6.14. The zero-order valence-electron chi connectivity index (χ0n) is 26.0. The standard InChI is InChI=1S/C34H39F2N3O5S/c1-5-43-26-11-12-27-24(16-26)13-14-39(31(27)33(41)37-25-17-28(35)32(29(36)18-25)45(2,3)4)34(42)38-19-23(20-38)15-30(40)44-21-22-9-7-6-8-10-22/h6-12,16-18,23,31H,5,13-15,19-21H2,1-4H3,(H,37,41)/t31-/m1/s1. The van der Waals surface area contributed by atoms with Crippen LogP contribution in [0.4, 0.5) is 19.3 Å². The number of hydrogen-bond acceptors (Lipinski definition) is 5. The molecule has 1 atom stereocenters. The number of urea groups is 1. The molecule has 3 aromatic rings. The van der Waals surface area contributed by atoms with Gasteiger partial charge in [0.05, 0.1) is 17.9 Å². The number of amides is 3. The second-order valence-electron chi connectivity index (χ2n) is 12.1. The first kappa shape index (κ1) is 32.3. The molecule has 1 saturated heterocycles. The third-order valence-electron chi connectivity index (χ3n) is 7.95. The van der Waals surface area contributed by atoms with E-state index >= 15 is 0 Å². The van der Waals surface area contributed by atoms with Crippen molar-refractivity contribution < 1.29 is 32.6 Å². The first-order chi connectivity index (χ1) is 21.4. The average molecular weight is 640 g/mol. The van der Waals surface area contributed by atoms with Gasteiger partial charge in [-0.3, -0.25) is 9.59 Å². The third-order valence-corrected chi connectivity index (χ3v) is 9.57. The minimum atomic E-state index is -1.70. The van der Waals surface area contributed by atoms with E-state index in [4.69, 9.17) is 9.47 Å². The maximum absolute atomic E-state index is 15.0. The SMILES string of the molecule is CCOc1ccc2c(c1)CCN(C(=O)N1CC(CC(=O)OCc3ccccc3)C1)[C@H]2C(=O)Nc1cc(F)c(S(C)(C)C)c(F)c1. The van der Waals surface area contributed by atoms with E-state index in [1.807, 2.05) is 43.3 Å². The van der Waals surface area contributed by atoms with Crippen molar-refractivity contribution in [3.8, 4) is 5.75 Å². The van der Waals surface area contributed by atoms with Crippen LogP contribution >= 0.6 is 10.0 Å². The fourth-order valence-corrected chi connectivity index (χ4v) is 7.13. The van der Waals surface area contributed by atoms with Gasteiger partial charge in [-0.05, 0) is 73.1 Å². The van der Waals surface area contributed by atoms with Crippen LogP contribution in [0.15, 0.2) is 65.6 Å². The Kier molecular flexibility index (Phi) is 9.67. The summed E-state index contributed by atoms with van der Waals surface area (Å²) in [6.07, 6.45) is 6.06. The summed E-state index contributed by atoms with van der Waals surface area (Å²) in [5.74, 6) is -1.75. The van der Waals surface area contributed by atoms with Gasteiger partial charge in [-0.25, -0.2) is 23.6 Å². The van der Waals surface area contributed by atoms with Gasteiger partial charge in [0.15, 0.2) is 0 Å². The summed E-state index contributed by atoms with van der Waals surface area (Å²) in [5.41, 5.74) is 2.35. The molecule has 1 fully saturated rings. The highest BCUT2D eigenvalue weighted by Gasteiger charge is 2.42. The van der Waals surface area contributed by atoms with Crippen molar-refractivity contribution in [3.05, 3.63) is 89.0 Å². The zero-order chi connectivity index (χ0) is 32.3. The van der Waals surface area contributed by atoms with Gasteiger partial charge in [-0.15, -0.1) is 0 Å². The number of carbonyl (C=O) groups is 3. The monoisotopic (exact) mass is 639 g/mol. The maximum atomic E-state index is 15.0. The normalized spacial score (nSPS) is 16.8. The second kappa shape index (κ2) is 13.5. The number of anilines is 1. The van der Waals surface area contributed by atoms with Crippen molar-refractivity contribution in [2.75, 3.05) is 50.3 Å². The maximum Gasteiger partial charge on any atom is 0.320 e. The number of benzene rings is 3. The predicted molar refractivity (Wildman–Crippen MR) is 171 cm³/mol. The highest BCUT2D eigenvalue weighted by Crippen LogP contribution is 2.48. The third kappa shape index (κ3) is 7.41. The van der Waals surface area contributed by atoms with E-state index < -0.39 is 33.6 Å². The first-order valence-electron chi connectivity index (χ1n) is 14.9. The fourth-order valence-electron chi connectivity index (χ4n) is 5.85. The molecule has 0 saturated carbocycles. The van der Waals surface area contributed by atoms with Gasteiger partial charge >= 0.3 is 12.0 Å². The Morgan fingerprint density at radius 1 is 0.978 bits per heavy atom. The van der Waals surface area contributed by atoms with Crippen molar-refractivity contribution in [1.29, 1.82) is 0 Å². The van der Waals surface area contributed by atoms with Crippen LogP contribution in [-0.4, -0.2) is 72.7 Å². The van der Waals surface area contributed by atoms with Gasteiger partial charge < -0.3 is 24.6 Å². The van der Waals surface area contributed by atoms with Gasteiger partial charge in [0.1, 0.15) is 30.0 Å². The van der Waals surface area contributed by atoms with Gasteiger partial charge in [-0.2, -0.15) is 0 Å². The van der Waals surface area contributed by atoms with Gasteiger partial charge in [0.25, 0.3) is 5.91 Å². The molecule has 5 rings (SSSR count). The summed E-state index contributed by atoms with van der Waals surface area (Å²) in [7, 11) is -1.70. The minimum absolute atomic E-state index is 0.0139. The Morgan fingerprint density at radius 2 is 1.67 bits per heavy atom. The number of esters is 1. The van der Waals surface area contributed by atoms with E-state index in [9.17, 15) is 23.2 Å². The molecule has 0 bridgehead atoms. The molecular weight excluding hydrogens is 600 g/mol. The molecule has 0 unspecified atom stereocenters. The van der Waals surface area contributed by atoms with E-state index in [1.165, 1.54) is 4.90 Å². The van der Waals surface area contributed by atoms with Crippen molar-refractivity contribution in [1.82, 2.24) is 9.80 Å². The molecule has 1 N–H and O–H groups in total. The largest absolute Gasteiger partial charge is 0.494 e. The Balaban J connectivity index is 1.30. The lowest BCUT2D eigenvalue weighted by Gasteiger charge is -2.45. The number of nitrogens with zero attached hydrogens (tertiary/aromatic N) is 2. The topological polar surface area (TPSA) is 88.2 Å². The average Bonchev–Trinajstić information content (AvgIpc) is 2.96. The van der Waals surface area contributed by atoms with Crippen LogP contribution < -0.4 is 10.1 Å². The van der Waals surface area contributed by atoms with Crippen LogP contribution in [0.25, 0.3) is 0 Å². The summed E-state index contributed by atoms with van der Waals surface area (Å²) < 4.78 is 41.0. The highest BCUT2D eigenvalue weighted by molar-refractivity contribution is 8.32. The number of rotatable bonds is 9. The van der Waals surface area contributed by atoms with Crippen LogP contribution in [-0.2, 0) is 27.4 Å². The smallest absolute Gasteiger partial charge is 0.320 e. The quantitative estimate of drug-likeness (QED) is 0.284. The molecule has 2 aliphatic rings. The lowest BCUT2D eigenvalue weighted by atomic mass is 9.91. The highest BCUT2D eigenvalue weighted by atomic mass is 32.3. The molecule has 2 heterocycles. The van der Waals surface area contributed by atoms with E-state index in [-0.39, 0.29) is 48.1 Å². The lowest BCUT2D eigenvalue weighted by Crippen LogP contribution is -2.58. The molecule has 11 heteroatoms. The van der Waals surface area contributed by atoms with E-state index in [1.54, 1.807) is 35.8 Å². The van der Waals surface area contributed by atoms with Gasteiger partial charge in [0, 0.05) is 31.2 Å². The van der Waals surface area contributed by atoms with Gasteiger partial charge in [-0.1, -0.05) is 36.4 Å². The molecular formula is C34H39F2N3O5S. The molecule has 2 aliphatic heterocycles. The molecule has 8 nitrogen and oxygen atoms in total. The molecule has 45 heavy (non-hydrogen) atoms. The van der Waals surface area contributed by atoms with Crippen molar-refractivity contribution in [3.63, 3.8) is 0 Å². The Bertz CT molecular complexity index is 1550. The lowest BCUT2D eigenvalue weighted by molar-refractivity contribution is -0.147. The number of fused-ring (bicyclic) bond motifs is 1. The van der Waals surface area contributed by atoms with Crippen LogP contribution in [0.3, 0.4) is 0 Å². The molecule has 3 amide bonds. The van der Waals surface area contributed by atoms with Crippen LogP contribution in [0.2, 0.25) is 0 Å². The number of hydrogen-bond donors (Lipinski definition) is 1. The zero-order valence-corrected chi connectivity index (χ0v) is 26.8. The van der Waals surface area contributed by atoms with Crippen molar-refractivity contribution in [2.24, 2.45) is 5.92 Å². The van der Waals surface area contributed by atoms with Crippen LogP contribution in [0.1, 0.15) is 36.1 Å². The van der Waals surface area contributed by atoms with Crippen molar-refractivity contribution in [2.45, 2.75) is 37.3 Å². The van der Waals surface area contributed by atoms with Gasteiger partial charge in [0.2, 0.25) is 0 Å². The van der Waals surface area contributed by atoms with Crippen LogP contribution in [0.5, 0.6) is 5.75 Å². The number of ether oxygens (including phenoxy) is 2. The van der Waals surface area contributed by atoms with Crippen LogP contribution in [0, 0.1) is 17.6 Å².